The maximum absolute atomic E-state index is 13.1. The summed E-state index contributed by atoms with van der Waals surface area (Å²) in [6, 6.07) is 0.940. The van der Waals surface area contributed by atoms with Gasteiger partial charge in [0.2, 0.25) is 0 Å². The first-order valence-corrected chi connectivity index (χ1v) is 3.73. The summed E-state index contributed by atoms with van der Waals surface area (Å²) in [5.74, 6) is -2.03. The first kappa shape index (κ1) is 12.3. The molecule has 1 rings (SSSR count). The van der Waals surface area contributed by atoms with E-state index in [2.05, 4.69) is 4.98 Å². The molecule has 86 valence electrons. The van der Waals surface area contributed by atoms with Gasteiger partial charge in [0, 0.05) is 6.20 Å². The Bertz CT molecular complexity index is 445. The highest BCUT2D eigenvalue weighted by Gasteiger charge is 2.37. The summed E-state index contributed by atoms with van der Waals surface area (Å²) in [4.78, 5) is 2.74. The van der Waals surface area contributed by atoms with Gasteiger partial charge in [-0.1, -0.05) is 0 Å². The number of nitrogens with zero attached hydrogens (tertiary/aromatic N) is 2. The van der Waals surface area contributed by atoms with E-state index in [1.807, 2.05) is 0 Å². The Kier molecular flexibility index (Phi) is 3.07. The largest absolute Gasteiger partial charge is 0.420 e. The summed E-state index contributed by atoms with van der Waals surface area (Å²) in [6.45, 7) is 0. The van der Waals surface area contributed by atoms with Crippen LogP contribution in [0.25, 0.3) is 0 Å². The van der Waals surface area contributed by atoms with E-state index in [1.54, 1.807) is 0 Å². The number of nitriles is 1. The maximum Gasteiger partial charge on any atom is 0.420 e. The first-order valence-electron chi connectivity index (χ1n) is 3.73. The van der Waals surface area contributed by atoms with Crippen molar-refractivity contribution in [2.45, 2.75) is 12.6 Å². The summed E-state index contributed by atoms with van der Waals surface area (Å²) in [7, 11) is 0. The average molecular weight is 240 g/mol. The lowest BCUT2D eigenvalue weighted by atomic mass is 10.1. The third-order valence-electron chi connectivity index (χ3n) is 1.67. The molecule has 0 saturated heterocycles. The first-order chi connectivity index (χ1) is 7.29. The van der Waals surface area contributed by atoms with Crippen LogP contribution in [0.15, 0.2) is 6.20 Å². The zero-order chi connectivity index (χ0) is 12.5. The number of rotatable bonds is 1. The van der Waals surface area contributed by atoms with Crippen LogP contribution in [0.1, 0.15) is 23.2 Å². The lowest BCUT2D eigenvalue weighted by molar-refractivity contribution is -0.140. The molecule has 0 unspecified atom stereocenters. The number of hydrogen-bond acceptors (Lipinski definition) is 2. The van der Waals surface area contributed by atoms with E-state index >= 15 is 0 Å². The van der Waals surface area contributed by atoms with Gasteiger partial charge in [-0.05, 0) is 0 Å². The Hall–Kier alpha value is -1.78. The van der Waals surface area contributed by atoms with E-state index in [1.165, 1.54) is 0 Å². The van der Waals surface area contributed by atoms with Crippen LogP contribution >= 0.6 is 0 Å². The summed E-state index contributed by atoms with van der Waals surface area (Å²) in [5.41, 5.74) is -4.52. The molecule has 0 aromatic carbocycles. The molecule has 0 radical (unpaired) electrons. The van der Waals surface area contributed by atoms with Gasteiger partial charge in [0.15, 0.2) is 5.82 Å². The molecule has 16 heavy (non-hydrogen) atoms. The van der Waals surface area contributed by atoms with E-state index in [9.17, 15) is 26.3 Å². The molecule has 0 aliphatic rings. The highest BCUT2D eigenvalue weighted by Crippen LogP contribution is 2.34. The van der Waals surface area contributed by atoms with Gasteiger partial charge in [0.1, 0.15) is 22.9 Å². The molecule has 0 atom stereocenters. The van der Waals surface area contributed by atoms with Crippen LogP contribution in [0.5, 0.6) is 0 Å². The van der Waals surface area contributed by atoms with Crippen molar-refractivity contribution >= 4 is 0 Å². The molecular formula is C8H2F6N2. The smallest absolute Gasteiger partial charge is 0.253 e. The van der Waals surface area contributed by atoms with Crippen LogP contribution in [-0.4, -0.2) is 4.98 Å². The molecule has 0 aliphatic heterocycles. The summed E-state index contributed by atoms with van der Waals surface area (Å²) >= 11 is 0. The van der Waals surface area contributed by atoms with E-state index in [0.29, 0.717) is 0 Å². The molecule has 0 saturated carbocycles. The molecule has 1 heterocycles. The third-order valence-corrected chi connectivity index (χ3v) is 1.67. The van der Waals surface area contributed by atoms with Gasteiger partial charge >= 0.3 is 6.18 Å². The SMILES string of the molecule is N#Cc1c(C(F)F)ncc(C(F)(F)F)c1F. The van der Waals surface area contributed by atoms with Gasteiger partial charge in [-0.3, -0.25) is 4.98 Å². The molecule has 0 bridgehead atoms. The Balaban J connectivity index is 3.49. The molecule has 0 amide bonds. The van der Waals surface area contributed by atoms with Crippen LogP contribution in [0.2, 0.25) is 0 Å². The van der Waals surface area contributed by atoms with Crippen molar-refractivity contribution in [3.63, 3.8) is 0 Å². The van der Waals surface area contributed by atoms with E-state index in [4.69, 9.17) is 5.26 Å². The molecule has 0 spiro atoms. The fourth-order valence-corrected chi connectivity index (χ4v) is 0.972. The fraction of sp³-hybridized carbons (Fsp3) is 0.250. The quantitative estimate of drug-likeness (QED) is 0.707. The van der Waals surface area contributed by atoms with Crippen molar-refractivity contribution in [2.24, 2.45) is 0 Å². The molecule has 1 aromatic heterocycles. The van der Waals surface area contributed by atoms with Gasteiger partial charge in [-0.15, -0.1) is 0 Å². The molecule has 2 nitrogen and oxygen atoms in total. The monoisotopic (exact) mass is 240 g/mol. The van der Waals surface area contributed by atoms with Crippen molar-refractivity contribution in [1.82, 2.24) is 4.98 Å². The fourth-order valence-electron chi connectivity index (χ4n) is 0.972. The van der Waals surface area contributed by atoms with Gasteiger partial charge in [0.25, 0.3) is 6.43 Å². The molecule has 0 fully saturated rings. The number of aromatic nitrogens is 1. The summed E-state index contributed by atoms with van der Waals surface area (Å²) < 4.78 is 73.8. The Morgan fingerprint density at radius 3 is 2.25 bits per heavy atom. The predicted octanol–water partition coefficient (Wildman–Crippen LogP) is 3.05. The Morgan fingerprint density at radius 1 is 1.31 bits per heavy atom. The van der Waals surface area contributed by atoms with Crippen LogP contribution in [0, 0.1) is 17.1 Å². The zero-order valence-electron chi connectivity index (χ0n) is 7.32. The predicted molar refractivity (Wildman–Crippen MR) is 38.9 cm³/mol. The maximum atomic E-state index is 13.1. The Morgan fingerprint density at radius 2 is 1.88 bits per heavy atom. The molecule has 1 aromatic rings. The van der Waals surface area contributed by atoms with Crippen molar-refractivity contribution in [1.29, 1.82) is 5.26 Å². The van der Waals surface area contributed by atoms with Crippen LogP contribution < -0.4 is 0 Å². The number of halogens is 6. The Labute approximate surface area is 85.1 Å². The van der Waals surface area contributed by atoms with Crippen molar-refractivity contribution in [3.05, 3.63) is 28.8 Å². The van der Waals surface area contributed by atoms with Gasteiger partial charge < -0.3 is 0 Å². The van der Waals surface area contributed by atoms with Crippen molar-refractivity contribution < 1.29 is 26.3 Å². The second-order valence-corrected chi connectivity index (χ2v) is 2.66. The van der Waals surface area contributed by atoms with E-state index in [-0.39, 0.29) is 6.20 Å². The lowest BCUT2D eigenvalue weighted by Crippen LogP contribution is -2.12. The molecule has 0 N–H and O–H groups in total. The minimum absolute atomic E-state index is 0.0579. The zero-order valence-corrected chi connectivity index (χ0v) is 7.32. The summed E-state index contributed by atoms with van der Waals surface area (Å²) in [6.07, 6.45) is -8.45. The minimum Gasteiger partial charge on any atom is -0.253 e. The van der Waals surface area contributed by atoms with Crippen LogP contribution in [0.3, 0.4) is 0 Å². The minimum atomic E-state index is -5.08. The number of alkyl halides is 5. The van der Waals surface area contributed by atoms with E-state index in [0.717, 1.165) is 6.07 Å². The third kappa shape index (κ3) is 2.08. The summed E-state index contributed by atoms with van der Waals surface area (Å²) in [5, 5.41) is 8.31. The van der Waals surface area contributed by atoms with Crippen LogP contribution in [0.4, 0.5) is 26.3 Å². The molecule has 0 aliphatic carbocycles. The number of pyridine rings is 1. The molecule has 8 heteroatoms. The van der Waals surface area contributed by atoms with Crippen molar-refractivity contribution in [3.8, 4) is 6.07 Å². The average Bonchev–Trinajstić information content (AvgIpc) is 2.14. The normalized spacial score (nSPS) is 11.6. The lowest BCUT2D eigenvalue weighted by Gasteiger charge is -2.10. The highest BCUT2D eigenvalue weighted by atomic mass is 19.4. The second-order valence-electron chi connectivity index (χ2n) is 2.66. The van der Waals surface area contributed by atoms with Gasteiger partial charge in [-0.2, -0.15) is 18.4 Å². The topological polar surface area (TPSA) is 36.7 Å². The molecular weight excluding hydrogens is 238 g/mol. The van der Waals surface area contributed by atoms with E-state index < -0.39 is 35.2 Å². The van der Waals surface area contributed by atoms with Crippen LogP contribution in [-0.2, 0) is 6.18 Å². The van der Waals surface area contributed by atoms with Gasteiger partial charge in [0.05, 0.1) is 0 Å². The van der Waals surface area contributed by atoms with Gasteiger partial charge in [-0.25, -0.2) is 13.2 Å². The number of hydrogen-bond donors (Lipinski definition) is 0. The highest BCUT2D eigenvalue weighted by molar-refractivity contribution is 5.39. The van der Waals surface area contributed by atoms with Crippen molar-refractivity contribution in [2.75, 3.05) is 0 Å². The second kappa shape index (κ2) is 4.00. The standard InChI is InChI=1S/C8H2F6N2/c9-5-3(1-15)6(7(10)11)16-2-4(5)8(12,13)14/h2,7H.